The number of Topliss-reactive ketones (excluding diaryl/α,β-unsaturated/α-hetero) is 2. The largest absolute Gasteiger partial charge is 0.488 e. The molecule has 14 nitrogen and oxygen atoms in total. The molecule has 3 aliphatic heterocycles. The van der Waals surface area contributed by atoms with Crippen LogP contribution >= 0.6 is 9.39 Å². The zero-order valence-electron chi connectivity index (χ0n) is 31.3. The first-order valence-electron chi connectivity index (χ1n) is 18.4. The molecule has 2 fully saturated rings. The number of likely N-dealkylation sites (tertiary alicyclic amines) is 1. The Bertz CT molecular complexity index is 1830. The molecule has 2 saturated heterocycles. The Labute approximate surface area is 316 Å². The van der Waals surface area contributed by atoms with Gasteiger partial charge in [-0.05, 0) is 85.8 Å². The Morgan fingerprint density at radius 2 is 1.74 bits per heavy atom. The van der Waals surface area contributed by atoms with Crippen molar-refractivity contribution in [3.05, 3.63) is 52.6 Å². The minimum atomic E-state index is -1.02. The predicted molar refractivity (Wildman–Crippen MR) is 198 cm³/mol. The summed E-state index contributed by atoms with van der Waals surface area (Å²) in [6, 6.07) is 6.36. The van der Waals surface area contributed by atoms with Gasteiger partial charge in [-0.25, -0.2) is 9.59 Å². The highest BCUT2D eigenvalue weighted by molar-refractivity contribution is 7.13. The molecule has 0 bridgehead atoms. The normalized spacial score (nSPS) is 23.8. The van der Waals surface area contributed by atoms with Crippen molar-refractivity contribution in [2.75, 3.05) is 34.0 Å². The maximum atomic E-state index is 13.7. The van der Waals surface area contributed by atoms with Crippen molar-refractivity contribution in [3.63, 3.8) is 0 Å². The van der Waals surface area contributed by atoms with Gasteiger partial charge in [0.1, 0.15) is 30.5 Å². The van der Waals surface area contributed by atoms with E-state index >= 15 is 0 Å². The van der Waals surface area contributed by atoms with Crippen molar-refractivity contribution in [1.82, 2.24) is 14.9 Å². The summed E-state index contributed by atoms with van der Waals surface area (Å²) in [7, 11) is 5.39. The molecule has 1 N–H and O–H groups in total. The molecule has 54 heavy (non-hydrogen) atoms. The van der Waals surface area contributed by atoms with E-state index in [1.807, 2.05) is 23.7 Å². The molecular formula is C39H48N3O11P. The number of carbonyl (C=O) groups excluding carboxylic acids is 6. The number of hydrogen-bond donors (Lipinski definition) is 1. The number of esters is 2. The van der Waals surface area contributed by atoms with Crippen LogP contribution in [0.25, 0.3) is 11.1 Å². The van der Waals surface area contributed by atoms with Crippen LogP contribution in [-0.4, -0.2) is 109 Å². The fraction of sp³-hybridized carbons (Fsp3) is 0.538. The van der Waals surface area contributed by atoms with E-state index in [1.54, 1.807) is 39.2 Å². The quantitative estimate of drug-likeness (QED) is 0.152. The number of amides is 2. The first-order valence-corrected chi connectivity index (χ1v) is 18.9. The Balaban J connectivity index is 1.10. The Morgan fingerprint density at radius 3 is 2.46 bits per heavy atom. The molecule has 7 atom stereocenters. The van der Waals surface area contributed by atoms with Crippen LogP contribution in [0.4, 0.5) is 4.79 Å². The van der Waals surface area contributed by atoms with E-state index in [-0.39, 0.29) is 49.1 Å². The van der Waals surface area contributed by atoms with Gasteiger partial charge in [0.2, 0.25) is 11.7 Å². The smallest absolute Gasteiger partial charge is 0.407 e. The Hall–Kier alpha value is -4.39. The van der Waals surface area contributed by atoms with Gasteiger partial charge in [0.25, 0.3) is 0 Å². The van der Waals surface area contributed by atoms with Crippen LogP contribution in [0.15, 0.2) is 30.3 Å². The number of hydrogen-bond acceptors (Lipinski definition) is 12. The molecule has 1 aliphatic carbocycles. The summed E-state index contributed by atoms with van der Waals surface area (Å²) >= 11 is 0. The fourth-order valence-corrected chi connectivity index (χ4v) is 8.46. The van der Waals surface area contributed by atoms with Crippen LogP contribution < -0.4 is 10.1 Å². The number of rotatable bonds is 11. The van der Waals surface area contributed by atoms with Crippen molar-refractivity contribution < 1.29 is 52.5 Å². The molecule has 0 spiro atoms. The van der Waals surface area contributed by atoms with Gasteiger partial charge in [-0.3, -0.25) is 23.8 Å². The summed E-state index contributed by atoms with van der Waals surface area (Å²) < 4.78 is 29.1. The van der Waals surface area contributed by atoms with Crippen LogP contribution in [0.5, 0.6) is 5.75 Å². The standard InChI is InChI=1S/C39H48N3O11P/c1-20(2)34(40-39(48)50-5)36(45)42-21(3)6-10-29(42)38(47)53-32-11-8-23-14-28-26-9-7-24(13-25(26)18-51-33(28)15-27(23)35(32)44)31(43)19-52-37(46)30-12-22(17-49-4)16-41(30)54/h7,9,13-15,20-22,29-30,32,34H,6,8,10-12,16-19,54H2,1-5H3,(H,40,48)/t21-,22-,29-,30-,32?,34-/m0/s1. The summed E-state index contributed by atoms with van der Waals surface area (Å²) in [5, 5.41) is 2.58. The average Bonchev–Trinajstić information content (AvgIpc) is 3.73. The monoisotopic (exact) mass is 765 g/mol. The SMILES string of the molecule is COC[C@H]1C[C@@H](C(=O)OCC(=O)c2ccc3c(c2)COc2cc4c(cc2-3)CCC(OC(=O)[C@@H]2CC[C@H](C)N2C(=O)[C@@H](NC(=O)OC)C(C)C)C4=O)N(P)C1. The average molecular weight is 766 g/mol. The number of carbonyl (C=O) groups is 6. The second-order valence-electron chi connectivity index (χ2n) is 14.8. The predicted octanol–water partition coefficient (Wildman–Crippen LogP) is 3.90. The van der Waals surface area contributed by atoms with Gasteiger partial charge in [-0.1, -0.05) is 35.4 Å². The summed E-state index contributed by atoms with van der Waals surface area (Å²) in [6.45, 7) is 6.44. The van der Waals surface area contributed by atoms with E-state index in [2.05, 4.69) is 14.7 Å². The molecule has 4 aliphatic rings. The van der Waals surface area contributed by atoms with Crippen molar-refractivity contribution >= 4 is 44.9 Å². The van der Waals surface area contributed by atoms with Crippen molar-refractivity contribution in [1.29, 1.82) is 0 Å². The number of fused-ring (bicyclic) bond motifs is 4. The lowest BCUT2D eigenvalue weighted by atomic mass is 9.84. The van der Waals surface area contributed by atoms with Crippen LogP contribution in [0, 0.1) is 11.8 Å². The minimum absolute atomic E-state index is 0.158. The zero-order chi connectivity index (χ0) is 38.8. The van der Waals surface area contributed by atoms with E-state index in [9.17, 15) is 28.8 Å². The lowest BCUT2D eigenvalue weighted by molar-refractivity contribution is -0.158. The van der Waals surface area contributed by atoms with Gasteiger partial charge in [0, 0.05) is 36.4 Å². The van der Waals surface area contributed by atoms with E-state index in [0.29, 0.717) is 55.7 Å². The van der Waals surface area contributed by atoms with Crippen molar-refractivity contribution in [2.24, 2.45) is 11.8 Å². The number of nitrogens with one attached hydrogen (secondary N) is 1. The van der Waals surface area contributed by atoms with Gasteiger partial charge in [-0.2, -0.15) is 0 Å². The van der Waals surface area contributed by atoms with Crippen LogP contribution in [-0.2, 0) is 46.4 Å². The lowest BCUT2D eigenvalue weighted by Gasteiger charge is -2.33. The summed E-state index contributed by atoms with van der Waals surface area (Å²) in [5.41, 5.74) is 4.03. The fourth-order valence-electron chi connectivity index (χ4n) is 7.92. The molecule has 0 aromatic heterocycles. The zero-order valence-corrected chi connectivity index (χ0v) is 32.4. The summed E-state index contributed by atoms with van der Waals surface area (Å²) in [6.07, 6.45) is 0.506. The van der Waals surface area contributed by atoms with Crippen molar-refractivity contribution in [2.45, 2.75) is 89.8 Å². The second-order valence-corrected chi connectivity index (χ2v) is 15.5. The third-order valence-corrected chi connectivity index (χ3v) is 11.4. The number of ketones is 2. The molecular weight excluding hydrogens is 717 g/mol. The highest BCUT2D eigenvalue weighted by Gasteiger charge is 2.45. The molecule has 290 valence electrons. The number of methoxy groups -OCH3 is 2. The molecule has 2 unspecified atom stereocenters. The second kappa shape index (κ2) is 16.5. The van der Waals surface area contributed by atoms with E-state index in [1.165, 1.54) is 12.0 Å². The molecule has 2 aromatic rings. The summed E-state index contributed by atoms with van der Waals surface area (Å²) in [4.78, 5) is 80.2. The minimum Gasteiger partial charge on any atom is -0.488 e. The van der Waals surface area contributed by atoms with E-state index < -0.39 is 48.2 Å². The first kappa shape index (κ1) is 39.3. The maximum absolute atomic E-state index is 13.7. The van der Waals surface area contributed by atoms with E-state index in [0.717, 1.165) is 22.3 Å². The highest BCUT2D eigenvalue weighted by Crippen LogP contribution is 2.42. The number of benzene rings is 2. The topological polar surface area (TPSA) is 167 Å². The maximum Gasteiger partial charge on any atom is 0.407 e. The molecule has 0 saturated carbocycles. The van der Waals surface area contributed by atoms with Gasteiger partial charge in [-0.15, -0.1) is 0 Å². The number of nitrogens with zero attached hydrogens (tertiary/aromatic N) is 2. The Morgan fingerprint density at radius 1 is 0.963 bits per heavy atom. The first-order chi connectivity index (χ1) is 25.8. The molecule has 2 aromatic carbocycles. The van der Waals surface area contributed by atoms with Crippen molar-refractivity contribution in [3.8, 4) is 16.9 Å². The number of alkyl carbamates (subject to hydrolysis) is 1. The highest BCUT2D eigenvalue weighted by atomic mass is 31.0. The van der Waals surface area contributed by atoms with Crippen LogP contribution in [0.3, 0.4) is 0 Å². The van der Waals surface area contributed by atoms with Gasteiger partial charge in [0.15, 0.2) is 18.5 Å². The molecule has 15 heteroatoms. The Kier molecular flexibility index (Phi) is 12.0. The number of aryl methyl sites for hydroxylation is 1. The molecule has 3 heterocycles. The van der Waals surface area contributed by atoms with Gasteiger partial charge >= 0.3 is 18.0 Å². The van der Waals surface area contributed by atoms with E-state index in [4.69, 9.17) is 23.7 Å². The van der Waals surface area contributed by atoms with Crippen LogP contribution in [0.2, 0.25) is 0 Å². The molecule has 0 radical (unpaired) electrons. The number of ether oxygens (including phenoxy) is 5. The van der Waals surface area contributed by atoms with Crippen LogP contribution in [0.1, 0.15) is 78.3 Å². The van der Waals surface area contributed by atoms with Gasteiger partial charge < -0.3 is 33.9 Å². The lowest BCUT2D eigenvalue weighted by Crippen LogP contribution is -2.56. The third kappa shape index (κ3) is 8.01. The third-order valence-electron chi connectivity index (χ3n) is 10.8. The van der Waals surface area contributed by atoms with Gasteiger partial charge in [0.05, 0.1) is 13.7 Å². The molecule has 2 amide bonds. The summed E-state index contributed by atoms with van der Waals surface area (Å²) in [5.74, 6) is -1.73. The molecule has 6 rings (SSSR count).